The molecule has 1 heterocycles. The van der Waals surface area contributed by atoms with Crippen LogP contribution < -0.4 is 0 Å². The first kappa shape index (κ1) is 16.1. The highest BCUT2D eigenvalue weighted by Crippen LogP contribution is 2.40. The fraction of sp³-hybridized carbons (Fsp3) is 0.867. The minimum Gasteiger partial charge on any atom is -0.481 e. The second-order valence-corrected chi connectivity index (χ2v) is 6.27. The van der Waals surface area contributed by atoms with E-state index in [2.05, 4.69) is 0 Å². The van der Waals surface area contributed by atoms with Crippen molar-refractivity contribution in [3.63, 3.8) is 0 Å². The molecule has 0 bridgehead atoms. The second kappa shape index (κ2) is 6.22. The first-order valence-corrected chi connectivity index (χ1v) is 7.72. The molecule has 1 aliphatic heterocycles. The maximum Gasteiger partial charge on any atom is 0.410 e. The quantitative estimate of drug-likeness (QED) is 0.814. The summed E-state index contributed by atoms with van der Waals surface area (Å²) < 4.78 is 11.2. The van der Waals surface area contributed by atoms with Crippen molar-refractivity contribution >= 4 is 12.1 Å². The third-order valence-electron chi connectivity index (χ3n) is 4.44. The molecule has 0 aromatic rings. The van der Waals surface area contributed by atoms with Crippen LogP contribution in [0.5, 0.6) is 0 Å². The van der Waals surface area contributed by atoms with Gasteiger partial charge in [-0.05, 0) is 46.5 Å². The Balaban J connectivity index is 2.07. The lowest BCUT2D eigenvalue weighted by molar-refractivity contribution is -0.148. The number of aliphatic carboxylic acids is 1. The molecule has 1 saturated carbocycles. The van der Waals surface area contributed by atoms with E-state index in [4.69, 9.17) is 9.47 Å². The van der Waals surface area contributed by atoms with E-state index in [-0.39, 0.29) is 17.7 Å². The van der Waals surface area contributed by atoms with Crippen molar-refractivity contribution in [2.75, 3.05) is 13.2 Å². The SMILES string of the molecule is CCO[C@H]([C@@H](C)C(=O)O)[C@@H]1CCCN1C(=O)OC1(C)CC1. The first-order chi connectivity index (χ1) is 9.88. The molecule has 120 valence electrons. The molecule has 6 nitrogen and oxygen atoms in total. The average molecular weight is 299 g/mol. The molecule has 3 atom stereocenters. The molecule has 6 heteroatoms. The van der Waals surface area contributed by atoms with Gasteiger partial charge in [-0.15, -0.1) is 0 Å². The Morgan fingerprint density at radius 1 is 1.43 bits per heavy atom. The number of carboxylic acids is 1. The summed E-state index contributed by atoms with van der Waals surface area (Å²) in [6.45, 7) is 6.43. The van der Waals surface area contributed by atoms with Crippen LogP contribution in [0.4, 0.5) is 4.79 Å². The van der Waals surface area contributed by atoms with Crippen molar-refractivity contribution in [2.45, 2.75) is 64.2 Å². The standard InChI is InChI=1S/C15H25NO5/c1-4-20-12(10(2)13(17)18)11-6-5-9-16(11)14(19)21-15(3)7-8-15/h10-12H,4-9H2,1-3H3,(H,17,18)/t10-,11+,12-/m1/s1. The van der Waals surface area contributed by atoms with E-state index in [0.29, 0.717) is 13.2 Å². The van der Waals surface area contributed by atoms with Crippen LogP contribution in [0.1, 0.15) is 46.5 Å². The summed E-state index contributed by atoms with van der Waals surface area (Å²) >= 11 is 0. The topological polar surface area (TPSA) is 76.1 Å². The van der Waals surface area contributed by atoms with Gasteiger partial charge in [0.1, 0.15) is 5.60 Å². The average Bonchev–Trinajstić information content (AvgIpc) is 2.96. The van der Waals surface area contributed by atoms with Gasteiger partial charge in [-0.1, -0.05) is 0 Å². The smallest absolute Gasteiger partial charge is 0.410 e. The molecule has 0 aromatic carbocycles. The van der Waals surface area contributed by atoms with E-state index < -0.39 is 18.0 Å². The monoisotopic (exact) mass is 299 g/mol. The summed E-state index contributed by atoms with van der Waals surface area (Å²) in [5, 5.41) is 9.25. The van der Waals surface area contributed by atoms with E-state index in [9.17, 15) is 14.7 Å². The number of rotatable bonds is 6. The van der Waals surface area contributed by atoms with Gasteiger partial charge in [-0.3, -0.25) is 4.79 Å². The van der Waals surface area contributed by atoms with Crippen molar-refractivity contribution in [3.05, 3.63) is 0 Å². The molecule has 1 amide bonds. The van der Waals surface area contributed by atoms with Gasteiger partial charge >= 0.3 is 12.1 Å². The molecule has 0 radical (unpaired) electrons. The lowest BCUT2D eigenvalue weighted by Crippen LogP contribution is -2.49. The largest absolute Gasteiger partial charge is 0.481 e. The predicted octanol–water partition coefficient (Wildman–Crippen LogP) is 2.27. The number of ether oxygens (including phenoxy) is 2. The van der Waals surface area contributed by atoms with Gasteiger partial charge in [0.05, 0.1) is 18.1 Å². The van der Waals surface area contributed by atoms with Crippen LogP contribution in [0.15, 0.2) is 0 Å². The van der Waals surface area contributed by atoms with Gasteiger partial charge in [-0.25, -0.2) is 4.79 Å². The van der Waals surface area contributed by atoms with Crippen LogP contribution in [0.25, 0.3) is 0 Å². The number of hydrogen-bond donors (Lipinski definition) is 1. The summed E-state index contributed by atoms with van der Waals surface area (Å²) in [4.78, 5) is 25.2. The van der Waals surface area contributed by atoms with Crippen molar-refractivity contribution in [3.8, 4) is 0 Å². The van der Waals surface area contributed by atoms with Crippen molar-refractivity contribution in [1.82, 2.24) is 4.90 Å². The molecule has 21 heavy (non-hydrogen) atoms. The zero-order valence-corrected chi connectivity index (χ0v) is 13.0. The Morgan fingerprint density at radius 3 is 2.62 bits per heavy atom. The Kier molecular flexibility index (Phi) is 4.76. The Hall–Kier alpha value is -1.30. The Bertz CT molecular complexity index is 407. The van der Waals surface area contributed by atoms with Crippen molar-refractivity contribution in [2.24, 2.45) is 5.92 Å². The predicted molar refractivity (Wildman–Crippen MR) is 76.1 cm³/mol. The van der Waals surface area contributed by atoms with Gasteiger partial charge < -0.3 is 19.5 Å². The molecule has 0 spiro atoms. The zero-order chi connectivity index (χ0) is 15.6. The summed E-state index contributed by atoms with van der Waals surface area (Å²) in [7, 11) is 0. The van der Waals surface area contributed by atoms with Gasteiger partial charge in [-0.2, -0.15) is 0 Å². The van der Waals surface area contributed by atoms with E-state index >= 15 is 0 Å². The number of hydrogen-bond acceptors (Lipinski definition) is 4. The maximum atomic E-state index is 12.3. The maximum absolute atomic E-state index is 12.3. The lowest BCUT2D eigenvalue weighted by Gasteiger charge is -2.33. The number of amides is 1. The van der Waals surface area contributed by atoms with Gasteiger partial charge in [0, 0.05) is 13.2 Å². The van der Waals surface area contributed by atoms with E-state index in [1.54, 1.807) is 11.8 Å². The third-order valence-corrected chi connectivity index (χ3v) is 4.44. The Morgan fingerprint density at radius 2 is 2.10 bits per heavy atom. The van der Waals surface area contributed by atoms with E-state index in [1.807, 2.05) is 13.8 Å². The highest BCUT2D eigenvalue weighted by molar-refractivity contribution is 5.72. The van der Waals surface area contributed by atoms with Crippen LogP contribution in [-0.2, 0) is 14.3 Å². The number of carboxylic acid groups (broad SMARTS) is 1. The first-order valence-electron chi connectivity index (χ1n) is 7.72. The molecular formula is C15H25NO5. The number of likely N-dealkylation sites (tertiary alicyclic amines) is 1. The van der Waals surface area contributed by atoms with E-state index in [0.717, 1.165) is 25.7 Å². The highest BCUT2D eigenvalue weighted by atomic mass is 16.6. The zero-order valence-electron chi connectivity index (χ0n) is 13.0. The third kappa shape index (κ3) is 3.67. The van der Waals surface area contributed by atoms with Crippen molar-refractivity contribution in [1.29, 1.82) is 0 Å². The molecule has 2 fully saturated rings. The summed E-state index contributed by atoms with van der Waals surface area (Å²) in [5.74, 6) is -1.55. The molecule has 1 N–H and O–H groups in total. The number of carbonyl (C=O) groups is 2. The molecule has 2 rings (SSSR count). The summed E-state index contributed by atoms with van der Waals surface area (Å²) in [5.41, 5.74) is -0.316. The normalized spacial score (nSPS) is 26.2. The molecular weight excluding hydrogens is 274 g/mol. The van der Waals surface area contributed by atoms with Crippen LogP contribution >= 0.6 is 0 Å². The van der Waals surface area contributed by atoms with Crippen LogP contribution in [0.3, 0.4) is 0 Å². The summed E-state index contributed by atoms with van der Waals surface area (Å²) in [6.07, 6.45) is 2.59. The van der Waals surface area contributed by atoms with Gasteiger partial charge in [0.25, 0.3) is 0 Å². The second-order valence-electron chi connectivity index (χ2n) is 6.27. The fourth-order valence-corrected chi connectivity index (χ4v) is 2.83. The summed E-state index contributed by atoms with van der Waals surface area (Å²) in [6, 6.07) is -0.217. The minimum atomic E-state index is -0.900. The number of carbonyl (C=O) groups excluding carboxylic acids is 1. The van der Waals surface area contributed by atoms with Gasteiger partial charge in [0.2, 0.25) is 0 Å². The van der Waals surface area contributed by atoms with E-state index in [1.165, 1.54) is 0 Å². The highest BCUT2D eigenvalue weighted by Gasteiger charge is 2.46. The number of nitrogens with zero attached hydrogens (tertiary/aromatic N) is 1. The van der Waals surface area contributed by atoms with Crippen LogP contribution in [-0.4, -0.2) is 53.0 Å². The minimum absolute atomic E-state index is 0.217. The Labute approximate surface area is 125 Å². The molecule has 2 aliphatic rings. The van der Waals surface area contributed by atoms with Crippen molar-refractivity contribution < 1.29 is 24.2 Å². The molecule has 1 saturated heterocycles. The molecule has 1 aliphatic carbocycles. The van der Waals surface area contributed by atoms with Gasteiger partial charge in [0.15, 0.2) is 0 Å². The molecule has 0 aromatic heterocycles. The molecule has 0 unspecified atom stereocenters. The van der Waals surface area contributed by atoms with Crippen LogP contribution in [0, 0.1) is 5.92 Å². The lowest BCUT2D eigenvalue weighted by atomic mass is 9.96. The van der Waals surface area contributed by atoms with Crippen LogP contribution in [0.2, 0.25) is 0 Å². The fourth-order valence-electron chi connectivity index (χ4n) is 2.83.